The molecule has 0 saturated heterocycles. The summed E-state index contributed by atoms with van der Waals surface area (Å²) in [5.41, 5.74) is 6.14. The number of aryl methyl sites for hydroxylation is 1. The normalized spacial score (nSPS) is 11.7. The standard InChI is InChI=1S/C12H14Br2N4O2S/c13-10-7-9(15)8-11(14)12(10)21(19,20)17-4-2-6-18-5-1-3-16-18/h1,3,5,7-8,17H,2,4,6,15H2. The molecule has 1 aromatic heterocycles. The molecular weight excluding hydrogens is 424 g/mol. The van der Waals surface area contributed by atoms with Gasteiger partial charge in [0, 0.05) is 40.1 Å². The van der Waals surface area contributed by atoms with Gasteiger partial charge in [-0.1, -0.05) is 0 Å². The SMILES string of the molecule is Nc1cc(Br)c(S(=O)(=O)NCCCn2cccn2)c(Br)c1. The highest BCUT2D eigenvalue weighted by molar-refractivity contribution is 9.11. The number of aromatic nitrogens is 2. The first-order chi connectivity index (χ1) is 9.90. The number of rotatable bonds is 6. The van der Waals surface area contributed by atoms with E-state index in [1.54, 1.807) is 23.0 Å². The Labute approximate surface area is 140 Å². The van der Waals surface area contributed by atoms with Crippen LogP contribution in [0.25, 0.3) is 0 Å². The van der Waals surface area contributed by atoms with Crippen LogP contribution in [-0.4, -0.2) is 24.7 Å². The van der Waals surface area contributed by atoms with Crippen molar-refractivity contribution in [2.24, 2.45) is 0 Å². The van der Waals surface area contributed by atoms with Crippen molar-refractivity contribution < 1.29 is 8.42 Å². The average molecular weight is 438 g/mol. The predicted molar refractivity (Wildman–Crippen MR) is 88.3 cm³/mol. The molecule has 3 N–H and O–H groups in total. The highest BCUT2D eigenvalue weighted by atomic mass is 79.9. The maximum atomic E-state index is 12.3. The lowest BCUT2D eigenvalue weighted by Gasteiger charge is -2.11. The molecule has 2 rings (SSSR count). The smallest absolute Gasteiger partial charge is 0.242 e. The summed E-state index contributed by atoms with van der Waals surface area (Å²) in [6, 6.07) is 4.94. The van der Waals surface area contributed by atoms with Gasteiger partial charge in [0.2, 0.25) is 10.0 Å². The molecule has 0 fully saturated rings. The van der Waals surface area contributed by atoms with E-state index >= 15 is 0 Å². The van der Waals surface area contributed by atoms with Crippen molar-refractivity contribution in [2.75, 3.05) is 12.3 Å². The van der Waals surface area contributed by atoms with Crippen LogP contribution < -0.4 is 10.5 Å². The molecule has 0 bridgehead atoms. The summed E-state index contributed by atoms with van der Waals surface area (Å²) in [5.74, 6) is 0. The zero-order valence-corrected chi connectivity index (χ0v) is 14.9. The van der Waals surface area contributed by atoms with E-state index in [1.165, 1.54) is 0 Å². The molecular formula is C12H14Br2N4O2S. The quantitative estimate of drug-likeness (QED) is 0.536. The number of hydrogen-bond acceptors (Lipinski definition) is 4. The molecule has 1 aromatic carbocycles. The molecule has 21 heavy (non-hydrogen) atoms. The van der Waals surface area contributed by atoms with Crippen LogP contribution in [0.2, 0.25) is 0 Å². The zero-order valence-electron chi connectivity index (χ0n) is 11.0. The van der Waals surface area contributed by atoms with Crippen LogP contribution in [0.3, 0.4) is 0 Å². The van der Waals surface area contributed by atoms with Gasteiger partial charge in [-0.25, -0.2) is 13.1 Å². The van der Waals surface area contributed by atoms with Crippen molar-refractivity contribution in [3.05, 3.63) is 39.5 Å². The van der Waals surface area contributed by atoms with Crippen LogP contribution in [0.1, 0.15) is 6.42 Å². The van der Waals surface area contributed by atoms with Gasteiger partial charge in [0.15, 0.2) is 0 Å². The van der Waals surface area contributed by atoms with Crippen molar-refractivity contribution >= 4 is 47.6 Å². The summed E-state index contributed by atoms with van der Waals surface area (Å²) in [6.45, 7) is 0.977. The van der Waals surface area contributed by atoms with E-state index in [9.17, 15) is 8.42 Å². The Morgan fingerprint density at radius 2 is 1.95 bits per heavy atom. The van der Waals surface area contributed by atoms with Crippen LogP contribution in [0, 0.1) is 0 Å². The largest absolute Gasteiger partial charge is 0.399 e. The van der Waals surface area contributed by atoms with Gasteiger partial charge in [-0.2, -0.15) is 5.10 Å². The lowest BCUT2D eigenvalue weighted by Crippen LogP contribution is -2.26. The van der Waals surface area contributed by atoms with Gasteiger partial charge in [-0.15, -0.1) is 0 Å². The molecule has 0 unspecified atom stereocenters. The van der Waals surface area contributed by atoms with E-state index < -0.39 is 10.0 Å². The van der Waals surface area contributed by atoms with Gasteiger partial charge in [-0.3, -0.25) is 4.68 Å². The summed E-state index contributed by atoms with van der Waals surface area (Å²) >= 11 is 6.46. The maximum Gasteiger partial charge on any atom is 0.242 e. The Kier molecular flexibility index (Phi) is 5.42. The third-order valence-corrected chi connectivity index (χ3v) is 6.04. The number of halogens is 2. The first-order valence-corrected chi connectivity index (χ1v) is 9.18. The van der Waals surface area contributed by atoms with Crippen molar-refractivity contribution in [3.8, 4) is 0 Å². The molecule has 2 aromatic rings. The second-order valence-corrected chi connectivity index (χ2v) is 7.75. The predicted octanol–water partition coefficient (Wildman–Crippen LogP) is 2.36. The van der Waals surface area contributed by atoms with Crippen molar-refractivity contribution in [3.63, 3.8) is 0 Å². The lowest BCUT2D eigenvalue weighted by molar-refractivity contribution is 0.552. The zero-order chi connectivity index (χ0) is 15.5. The molecule has 0 spiro atoms. The van der Waals surface area contributed by atoms with E-state index in [4.69, 9.17) is 5.73 Å². The molecule has 1 heterocycles. The fourth-order valence-electron chi connectivity index (χ4n) is 1.79. The van der Waals surface area contributed by atoms with Crippen molar-refractivity contribution in [1.82, 2.24) is 14.5 Å². The fraction of sp³-hybridized carbons (Fsp3) is 0.250. The van der Waals surface area contributed by atoms with Gasteiger partial charge >= 0.3 is 0 Å². The Hall–Kier alpha value is -0.900. The molecule has 6 nitrogen and oxygen atoms in total. The van der Waals surface area contributed by atoms with Gasteiger partial charge in [0.1, 0.15) is 4.90 Å². The minimum Gasteiger partial charge on any atom is -0.399 e. The summed E-state index contributed by atoms with van der Waals surface area (Å²) in [5, 5.41) is 4.06. The Balaban J connectivity index is 2.02. The molecule has 0 atom stereocenters. The third kappa shape index (κ3) is 4.29. The van der Waals surface area contributed by atoms with Crippen LogP contribution in [0.15, 0.2) is 44.4 Å². The van der Waals surface area contributed by atoms with Crippen LogP contribution in [-0.2, 0) is 16.6 Å². The van der Waals surface area contributed by atoms with Gasteiger partial charge in [-0.05, 0) is 56.5 Å². The summed E-state index contributed by atoms with van der Waals surface area (Å²) in [7, 11) is -3.61. The van der Waals surface area contributed by atoms with E-state index in [0.717, 1.165) is 0 Å². The number of hydrogen-bond donors (Lipinski definition) is 2. The van der Waals surface area contributed by atoms with Crippen LogP contribution >= 0.6 is 31.9 Å². The number of nitrogens with zero attached hydrogens (tertiary/aromatic N) is 2. The van der Waals surface area contributed by atoms with Gasteiger partial charge in [0.05, 0.1) is 0 Å². The topological polar surface area (TPSA) is 90.0 Å². The highest BCUT2D eigenvalue weighted by Crippen LogP contribution is 2.32. The molecule has 114 valence electrons. The minimum absolute atomic E-state index is 0.149. The molecule has 0 aliphatic rings. The van der Waals surface area contributed by atoms with E-state index in [0.29, 0.717) is 34.1 Å². The van der Waals surface area contributed by atoms with Gasteiger partial charge < -0.3 is 5.73 Å². The van der Waals surface area contributed by atoms with E-state index in [-0.39, 0.29) is 4.90 Å². The molecule has 0 aliphatic heterocycles. The van der Waals surface area contributed by atoms with Gasteiger partial charge in [0.25, 0.3) is 0 Å². The molecule has 0 saturated carbocycles. The molecule has 0 aliphatic carbocycles. The number of nitrogen functional groups attached to an aromatic ring is 1. The number of anilines is 1. The Bertz CT molecular complexity index is 694. The number of sulfonamides is 1. The molecule has 0 radical (unpaired) electrons. The summed E-state index contributed by atoms with van der Waals surface area (Å²) < 4.78 is 29.8. The molecule has 9 heteroatoms. The maximum absolute atomic E-state index is 12.3. The summed E-state index contributed by atoms with van der Waals surface area (Å²) in [6.07, 6.45) is 4.17. The summed E-state index contributed by atoms with van der Waals surface area (Å²) in [4.78, 5) is 0.149. The highest BCUT2D eigenvalue weighted by Gasteiger charge is 2.21. The minimum atomic E-state index is -3.61. The average Bonchev–Trinajstić information content (AvgIpc) is 2.86. The lowest BCUT2D eigenvalue weighted by atomic mass is 10.3. The first kappa shape index (κ1) is 16.5. The Morgan fingerprint density at radius 3 is 2.52 bits per heavy atom. The third-order valence-electron chi connectivity index (χ3n) is 2.70. The van der Waals surface area contributed by atoms with E-state index in [2.05, 4.69) is 41.7 Å². The van der Waals surface area contributed by atoms with Crippen LogP contribution in [0.5, 0.6) is 0 Å². The monoisotopic (exact) mass is 436 g/mol. The molecule has 0 amide bonds. The number of nitrogens with one attached hydrogen (secondary N) is 1. The first-order valence-electron chi connectivity index (χ1n) is 6.12. The second kappa shape index (κ2) is 6.91. The number of nitrogens with two attached hydrogens (primary N) is 1. The van der Waals surface area contributed by atoms with Crippen molar-refractivity contribution in [2.45, 2.75) is 17.9 Å². The van der Waals surface area contributed by atoms with Crippen LogP contribution in [0.4, 0.5) is 5.69 Å². The fourth-order valence-corrected chi connectivity index (χ4v) is 5.48. The second-order valence-electron chi connectivity index (χ2n) is 4.33. The number of benzene rings is 1. The van der Waals surface area contributed by atoms with Crippen molar-refractivity contribution in [1.29, 1.82) is 0 Å². The van der Waals surface area contributed by atoms with E-state index in [1.807, 2.05) is 12.3 Å². The Morgan fingerprint density at radius 1 is 1.29 bits per heavy atom.